The highest BCUT2D eigenvalue weighted by atomic mass is 79.9. The van der Waals surface area contributed by atoms with Gasteiger partial charge in [-0.25, -0.2) is 4.39 Å². The van der Waals surface area contributed by atoms with Crippen molar-refractivity contribution in [2.75, 3.05) is 11.9 Å². The van der Waals surface area contributed by atoms with Crippen molar-refractivity contribution in [1.29, 1.82) is 0 Å². The molecule has 0 heterocycles. The fraction of sp³-hybridized carbons (Fsp3) is 0.400. The second kappa shape index (κ2) is 5.68. The Morgan fingerprint density at radius 1 is 1.35 bits per heavy atom. The van der Waals surface area contributed by atoms with Gasteiger partial charge in [0.2, 0.25) is 0 Å². The Hall–Kier alpha value is -0.820. The van der Waals surface area contributed by atoms with E-state index in [4.69, 9.17) is 9.84 Å². The van der Waals surface area contributed by atoms with Gasteiger partial charge in [-0.05, 0) is 18.2 Å². The summed E-state index contributed by atoms with van der Waals surface area (Å²) in [5.74, 6) is -1.50. The monoisotopic (exact) mass is 316 g/mol. The highest BCUT2D eigenvalue weighted by molar-refractivity contribution is 9.09. The van der Waals surface area contributed by atoms with E-state index in [0.717, 1.165) is 6.07 Å². The van der Waals surface area contributed by atoms with Gasteiger partial charge in [0.25, 0.3) is 0 Å². The molecule has 17 heavy (non-hydrogen) atoms. The van der Waals surface area contributed by atoms with Gasteiger partial charge < -0.3 is 9.84 Å². The zero-order chi connectivity index (χ0) is 13.1. The standard InChI is InChI=1S/C10H9BrF4O2/c11-4-6(16)5-17-7-1-2-9(12)8(3-7)10(13,14)15/h1-3,6,16H,4-5H2. The molecular weight excluding hydrogens is 308 g/mol. The Bertz CT molecular complexity index is 381. The van der Waals surface area contributed by atoms with Crippen molar-refractivity contribution in [3.63, 3.8) is 0 Å². The summed E-state index contributed by atoms with van der Waals surface area (Å²) in [5.41, 5.74) is -1.39. The number of rotatable bonds is 4. The molecule has 0 amide bonds. The van der Waals surface area contributed by atoms with Crippen LogP contribution in [0.25, 0.3) is 0 Å². The van der Waals surface area contributed by atoms with E-state index in [1.54, 1.807) is 0 Å². The van der Waals surface area contributed by atoms with E-state index in [1.807, 2.05) is 0 Å². The minimum atomic E-state index is -4.77. The summed E-state index contributed by atoms with van der Waals surface area (Å²) in [6.07, 6.45) is -5.60. The average Bonchev–Trinajstić information content (AvgIpc) is 2.26. The van der Waals surface area contributed by atoms with Gasteiger partial charge >= 0.3 is 6.18 Å². The van der Waals surface area contributed by atoms with Crippen molar-refractivity contribution in [3.05, 3.63) is 29.6 Å². The Balaban J connectivity index is 2.82. The van der Waals surface area contributed by atoms with Crippen LogP contribution in [0.5, 0.6) is 5.75 Å². The Kier molecular flexibility index (Phi) is 4.76. The van der Waals surface area contributed by atoms with Crippen molar-refractivity contribution in [1.82, 2.24) is 0 Å². The molecule has 0 spiro atoms. The Labute approximate surface area is 103 Å². The maximum Gasteiger partial charge on any atom is 0.419 e. The molecule has 0 fully saturated rings. The molecule has 0 aliphatic rings. The predicted octanol–water partition coefficient (Wildman–Crippen LogP) is 2.98. The lowest BCUT2D eigenvalue weighted by Crippen LogP contribution is -2.19. The van der Waals surface area contributed by atoms with Crippen LogP contribution in [-0.4, -0.2) is 23.1 Å². The molecular formula is C10H9BrF4O2. The molecule has 1 aromatic carbocycles. The second-order valence-electron chi connectivity index (χ2n) is 3.26. The van der Waals surface area contributed by atoms with Crippen molar-refractivity contribution < 1.29 is 27.4 Å². The summed E-state index contributed by atoms with van der Waals surface area (Å²) in [6, 6.07) is 2.32. The number of hydrogen-bond donors (Lipinski definition) is 1. The zero-order valence-electron chi connectivity index (χ0n) is 8.47. The van der Waals surface area contributed by atoms with Crippen LogP contribution in [0.4, 0.5) is 17.6 Å². The quantitative estimate of drug-likeness (QED) is 0.683. The molecule has 96 valence electrons. The molecule has 0 saturated heterocycles. The molecule has 1 aromatic rings. The van der Waals surface area contributed by atoms with E-state index in [-0.39, 0.29) is 17.7 Å². The van der Waals surface area contributed by atoms with E-state index < -0.39 is 23.7 Å². The molecule has 1 rings (SSSR count). The van der Waals surface area contributed by atoms with E-state index in [9.17, 15) is 17.6 Å². The van der Waals surface area contributed by atoms with Crippen molar-refractivity contribution >= 4 is 15.9 Å². The molecule has 7 heteroatoms. The zero-order valence-corrected chi connectivity index (χ0v) is 10.1. The van der Waals surface area contributed by atoms with Gasteiger partial charge in [0.15, 0.2) is 0 Å². The van der Waals surface area contributed by atoms with Crippen LogP contribution < -0.4 is 4.74 Å². The van der Waals surface area contributed by atoms with Crippen molar-refractivity contribution in [3.8, 4) is 5.75 Å². The minimum absolute atomic E-state index is 0.140. The van der Waals surface area contributed by atoms with Crippen LogP contribution in [-0.2, 0) is 6.18 Å². The van der Waals surface area contributed by atoms with E-state index in [0.29, 0.717) is 12.1 Å². The van der Waals surface area contributed by atoms with Gasteiger partial charge in [0, 0.05) is 5.33 Å². The lowest BCUT2D eigenvalue weighted by atomic mass is 10.2. The van der Waals surface area contributed by atoms with Gasteiger partial charge in [-0.2, -0.15) is 13.2 Å². The largest absolute Gasteiger partial charge is 0.491 e. The maximum atomic E-state index is 12.9. The first-order valence-corrected chi connectivity index (χ1v) is 5.70. The van der Waals surface area contributed by atoms with E-state index in [1.165, 1.54) is 0 Å². The number of halogens is 5. The number of ether oxygens (including phenoxy) is 1. The fourth-order valence-corrected chi connectivity index (χ4v) is 1.24. The molecule has 0 saturated carbocycles. The minimum Gasteiger partial charge on any atom is -0.491 e. The van der Waals surface area contributed by atoms with Crippen molar-refractivity contribution in [2.24, 2.45) is 0 Å². The highest BCUT2D eigenvalue weighted by Gasteiger charge is 2.34. The second-order valence-corrected chi connectivity index (χ2v) is 3.91. The summed E-state index contributed by atoms with van der Waals surface area (Å²) in [5, 5.41) is 9.37. The van der Waals surface area contributed by atoms with Gasteiger partial charge in [-0.15, -0.1) is 0 Å². The molecule has 0 bridgehead atoms. The third-order valence-electron chi connectivity index (χ3n) is 1.86. The molecule has 1 N–H and O–H groups in total. The summed E-state index contributed by atoms with van der Waals surface area (Å²) >= 11 is 2.98. The topological polar surface area (TPSA) is 29.5 Å². The normalized spacial score (nSPS) is 13.5. The van der Waals surface area contributed by atoms with Crippen LogP contribution in [0.1, 0.15) is 5.56 Å². The maximum absolute atomic E-state index is 12.9. The average molecular weight is 317 g/mol. The van der Waals surface area contributed by atoms with Crippen LogP contribution >= 0.6 is 15.9 Å². The SMILES string of the molecule is OC(CBr)COc1ccc(F)c(C(F)(F)F)c1. The van der Waals surface area contributed by atoms with Crippen molar-refractivity contribution in [2.45, 2.75) is 12.3 Å². The fourth-order valence-electron chi connectivity index (χ4n) is 1.05. The number of hydrogen-bond acceptors (Lipinski definition) is 2. The number of aliphatic hydroxyl groups is 1. The number of aliphatic hydroxyl groups excluding tert-OH is 1. The van der Waals surface area contributed by atoms with Crippen LogP contribution in [0.15, 0.2) is 18.2 Å². The third-order valence-corrected chi connectivity index (χ3v) is 2.61. The Morgan fingerprint density at radius 2 is 2.00 bits per heavy atom. The van der Waals surface area contributed by atoms with Gasteiger partial charge in [-0.1, -0.05) is 15.9 Å². The van der Waals surface area contributed by atoms with Crippen LogP contribution in [0.3, 0.4) is 0 Å². The highest BCUT2D eigenvalue weighted by Crippen LogP contribution is 2.33. The number of benzene rings is 1. The third kappa shape index (κ3) is 4.16. The predicted molar refractivity (Wildman–Crippen MR) is 56.7 cm³/mol. The Morgan fingerprint density at radius 3 is 2.53 bits per heavy atom. The molecule has 0 aliphatic heterocycles. The first kappa shape index (κ1) is 14.2. The first-order valence-electron chi connectivity index (χ1n) is 4.58. The van der Waals surface area contributed by atoms with Crippen LogP contribution in [0, 0.1) is 5.82 Å². The smallest absolute Gasteiger partial charge is 0.419 e. The molecule has 1 unspecified atom stereocenters. The van der Waals surface area contributed by atoms with Gasteiger partial charge in [0.05, 0.1) is 11.7 Å². The van der Waals surface area contributed by atoms with Crippen LogP contribution in [0.2, 0.25) is 0 Å². The first-order chi connectivity index (χ1) is 7.84. The summed E-state index contributed by atoms with van der Waals surface area (Å²) in [4.78, 5) is 0. The molecule has 0 aromatic heterocycles. The summed E-state index contributed by atoms with van der Waals surface area (Å²) < 4.78 is 54.8. The van der Waals surface area contributed by atoms with Gasteiger partial charge in [0.1, 0.15) is 18.2 Å². The molecule has 0 radical (unpaired) electrons. The molecule has 1 atom stereocenters. The van der Waals surface area contributed by atoms with Gasteiger partial charge in [-0.3, -0.25) is 0 Å². The lowest BCUT2D eigenvalue weighted by molar-refractivity contribution is -0.140. The summed E-state index contributed by atoms with van der Waals surface area (Å²) in [6.45, 7) is -0.172. The van der Waals surface area contributed by atoms with E-state index in [2.05, 4.69) is 15.9 Å². The van der Waals surface area contributed by atoms with E-state index >= 15 is 0 Å². The molecule has 2 nitrogen and oxygen atoms in total. The lowest BCUT2D eigenvalue weighted by Gasteiger charge is -2.12. The number of alkyl halides is 4. The summed E-state index contributed by atoms with van der Waals surface area (Å²) in [7, 11) is 0. The molecule has 0 aliphatic carbocycles.